The number of rotatable bonds is 6. The minimum atomic E-state index is 0.308. The van der Waals surface area contributed by atoms with Crippen LogP contribution in [0.5, 0.6) is 0 Å². The van der Waals surface area contributed by atoms with Crippen molar-refractivity contribution in [1.29, 1.82) is 0 Å². The summed E-state index contributed by atoms with van der Waals surface area (Å²) in [4.78, 5) is 0. The molecule has 1 aromatic carbocycles. The van der Waals surface area contributed by atoms with E-state index in [9.17, 15) is 0 Å². The fourth-order valence-corrected chi connectivity index (χ4v) is 3.46. The van der Waals surface area contributed by atoms with Gasteiger partial charge in [0, 0.05) is 19.2 Å². The predicted octanol–water partition coefficient (Wildman–Crippen LogP) is 2.76. The van der Waals surface area contributed by atoms with Gasteiger partial charge in [-0.2, -0.15) is 0 Å². The maximum atomic E-state index is 5.99. The Morgan fingerprint density at radius 2 is 2.04 bits per heavy atom. The van der Waals surface area contributed by atoms with Crippen molar-refractivity contribution in [3.8, 4) is 5.69 Å². The zero-order valence-corrected chi connectivity index (χ0v) is 14.7. The number of nitrogens with one attached hydrogen (secondary N) is 1. The largest absolute Gasteiger partial charge is 0.378 e. The molecule has 24 heavy (non-hydrogen) atoms. The lowest BCUT2D eigenvalue weighted by Crippen LogP contribution is -2.40. The first-order valence-corrected chi connectivity index (χ1v) is 8.83. The molecule has 1 aliphatic rings. The highest BCUT2D eigenvalue weighted by atomic mass is 16.5. The van der Waals surface area contributed by atoms with Gasteiger partial charge in [0.2, 0.25) is 0 Å². The highest BCUT2D eigenvalue weighted by molar-refractivity contribution is 5.34. The molecule has 0 amide bonds. The van der Waals surface area contributed by atoms with Crippen molar-refractivity contribution in [3.63, 3.8) is 0 Å². The number of ether oxygens (including phenoxy) is 1. The van der Waals surface area contributed by atoms with Crippen LogP contribution in [0.4, 0.5) is 0 Å². The van der Waals surface area contributed by atoms with Gasteiger partial charge >= 0.3 is 0 Å². The van der Waals surface area contributed by atoms with E-state index in [1.807, 2.05) is 12.1 Å². The Kier molecular flexibility index (Phi) is 5.58. The molecule has 3 rings (SSSR count). The van der Waals surface area contributed by atoms with E-state index < -0.39 is 0 Å². The van der Waals surface area contributed by atoms with Crippen LogP contribution in [0.25, 0.3) is 5.69 Å². The van der Waals surface area contributed by atoms with Crippen molar-refractivity contribution in [2.24, 2.45) is 11.8 Å². The lowest BCUT2D eigenvalue weighted by molar-refractivity contribution is -0.0521. The van der Waals surface area contributed by atoms with Crippen LogP contribution in [-0.4, -0.2) is 39.5 Å². The van der Waals surface area contributed by atoms with E-state index in [-0.39, 0.29) is 0 Å². The monoisotopic (exact) mass is 329 g/mol. The van der Waals surface area contributed by atoms with Gasteiger partial charge in [0.25, 0.3) is 0 Å². The van der Waals surface area contributed by atoms with Crippen molar-refractivity contribution < 1.29 is 4.74 Å². The van der Waals surface area contributed by atoms with E-state index in [0.29, 0.717) is 24.0 Å². The number of aromatic nitrogens is 4. The van der Waals surface area contributed by atoms with Crippen LogP contribution in [0.15, 0.2) is 30.6 Å². The van der Waals surface area contributed by atoms with Gasteiger partial charge in [-0.05, 0) is 59.7 Å². The number of hydrogen-bond donors (Lipinski definition) is 1. The molecule has 0 spiro atoms. The van der Waals surface area contributed by atoms with E-state index in [0.717, 1.165) is 18.8 Å². The molecule has 6 nitrogen and oxygen atoms in total. The predicted molar refractivity (Wildman–Crippen MR) is 92.9 cm³/mol. The first-order valence-electron chi connectivity index (χ1n) is 8.83. The molecule has 2 heterocycles. The number of tetrazole rings is 1. The summed E-state index contributed by atoms with van der Waals surface area (Å²) in [6, 6.07) is 8.66. The van der Waals surface area contributed by atoms with Crippen molar-refractivity contribution in [2.75, 3.05) is 13.2 Å². The van der Waals surface area contributed by atoms with E-state index in [1.165, 1.54) is 18.4 Å². The zero-order valence-electron chi connectivity index (χ0n) is 14.7. The SMILES string of the molecule is CC(C)[C@@H]1OCCC[C@@H]1CN[C@@H](C)c1ccc(-n2cnnn2)cc1. The normalized spacial score (nSPS) is 22.7. The molecule has 0 bridgehead atoms. The summed E-state index contributed by atoms with van der Waals surface area (Å²) < 4.78 is 7.65. The quantitative estimate of drug-likeness (QED) is 0.883. The molecule has 1 fully saturated rings. The van der Waals surface area contributed by atoms with E-state index in [4.69, 9.17) is 4.74 Å². The first-order chi connectivity index (χ1) is 11.6. The van der Waals surface area contributed by atoms with Crippen molar-refractivity contribution in [2.45, 2.75) is 45.8 Å². The summed E-state index contributed by atoms with van der Waals surface area (Å²) >= 11 is 0. The summed E-state index contributed by atoms with van der Waals surface area (Å²) in [5.41, 5.74) is 2.24. The van der Waals surface area contributed by atoms with E-state index >= 15 is 0 Å². The summed E-state index contributed by atoms with van der Waals surface area (Å²) in [6.07, 6.45) is 4.40. The fraction of sp³-hybridized carbons (Fsp3) is 0.611. The van der Waals surface area contributed by atoms with Gasteiger partial charge in [0.15, 0.2) is 0 Å². The Labute approximate surface area is 143 Å². The van der Waals surface area contributed by atoms with Crippen molar-refractivity contribution >= 4 is 0 Å². The second-order valence-corrected chi connectivity index (χ2v) is 6.96. The fourth-order valence-electron chi connectivity index (χ4n) is 3.46. The van der Waals surface area contributed by atoms with Gasteiger partial charge in [-0.3, -0.25) is 0 Å². The molecule has 130 valence electrons. The molecule has 0 aliphatic carbocycles. The van der Waals surface area contributed by atoms with Crippen LogP contribution >= 0.6 is 0 Å². The molecule has 1 N–H and O–H groups in total. The van der Waals surface area contributed by atoms with Gasteiger partial charge in [-0.25, -0.2) is 4.68 Å². The Hall–Kier alpha value is -1.79. The molecule has 1 aromatic heterocycles. The van der Waals surface area contributed by atoms with Crippen LogP contribution in [-0.2, 0) is 4.74 Å². The van der Waals surface area contributed by atoms with Gasteiger partial charge in [-0.15, -0.1) is 5.10 Å². The third-order valence-electron chi connectivity index (χ3n) is 4.84. The molecule has 2 aromatic rings. The Morgan fingerprint density at radius 3 is 2.71 bits per heavy atom. The minimum Gasteiger partial charge on any atom is -0.378 e. The average Bonchev–Trinajstić information content (AvgIpc) is 3.14. The highest BCUT2D eigenvalue weighted by Gasteiger charge is 2.28. The lowest BCUT2D eigenvalue weighted by atomic mass is 9.87. The van der Waals surface area contributed by atoms with Gasteiger partial charge in [-0.1, -0.05) is 26.0 Å². The Morgan fingerprint density at radius 1 is 1.25 bits per heavy atom. The molecule has 3 atom stereocenters. The second-order valence-electron chi connectivity index (χ2n) is 6.96. The molecule has 1 saturated heterocycles. The van der Waals surface area contributed by atoms with Gasteiger partial charge in [0.1, 0.15) is 6.33 Å². The van der Waals surface area contributed by atoms with Crippen LogP contribution in [0.2, 0.25) is 0 Å². The van der Waals surface area contributed by atoms with Gasteiger partial charge < -0.3 is 10.1 Å². The summed E-state index contributed by atoms with van der Waals surface area (Å²) in [5, 5.41) is 14.9. The van der Waals surface area contributed by atoms with Crippen LogP contribution in [0.3, 0.4) is 0 Å². The highest BCUT2D eigenvalue weighted by Crippen LogP contribution is 2.26. The topological polar surface area (TPSA) is 64.9 Å². The second kappa shape index (κ2) is 7.85. The van der Waals surface area contributed by atoms with Crippen LogP contribution < -0.4 is 5.32 Å². The lowest BCUT2D eigenvalue weighted by Gasteiger charge is -2.35. The molecule has 0 saturated carbocycles. The average molecular weight is 329 g/mol. The van der Waals surface area contributed by atoms with E-state index in [2.05, 4.69) is 53.7 Å². The number of benzene rings is 1. The zero-order chi connectivity index (χ0) is 16.9. The Balaban J connectivity index is 1.57. The maximum Gasteiger partial charge on any atom is 0.143 e. The van der Waals surface area contributed by atoms with Crippen LogP contribution in [0.1, 0.15) is 45.2 Å². The number of nitrogens with zero attached hydrogens (tertiary/aromatic N) is 4. The van der Waals surface area contributed by atoms with Gasteiger partial charge in [0.05, 0.1) is 11.8 Å². The molecule has 6 heteroatoms. The molecule has 1 aliphatic heterocycles. The molecule has 0 unspecified atom stereocenters. The summed E-state index contributed by atoms with van der Waals surface area (Å²) in [6.45, 7) is 8.63. The maximum absolute atomic E-state index is 5.99. The Bertz CT molecular complexity index is 611. The minimum absolute atomic E-state index is 0.308. The third-order valence-corrected chi connectivity index (χ3v) is 4.84. The molecular formula is C18H27N5O. The summed E-state index contributed by atoms with van der Waals surface area (Å²) in [5.74, 6) is 1.17. The first kappa shape index (κ1) is 17.0. The van der Waals surface area contributed by atoms with Crippen molar-refractivity contribution in [1.82, 2.24) is 25.5 Å². The summed E-state index contributed by atoms with van der Waals surface area (Å²) in [7, 11) is 0. The smallest absolute Gasteiger partial charge is 0.143 e. The molecular weight excluding hydrogens is 302 g/mol. The molecule has 0 radical (unpaired) electrons. The number of hydrogen-bond acceptors (Lipinski definition) is 5. The van der Waals surface area contributed by atoms with Crippen molar-refractivity contribution in [3.05, 3.63) is 36.2 Å². The third kappa shape index (κ3) is 3.99. The van der Waals surface area contributed by atoms with E-state index in [1.54, 1.807) is 11.0 Å². The standard InChI is InChI=1S/C18H27N5O/c1-13(2)18-16(5-4-10-24-18)11-19-14(3)15-6-8-17(9-7-15)23-12-20-21-22-23/h6-9,12-14,16,18-19H,4-5,10-11H2,1-3H3/t14-,16+,18-/m0/s1. The van der Waals surface area contributed by atoms with Crippen LogP contribution in [0, 0.1) is 11.8 Å².